The van der Waals surface area contributed by atoms with Crippen molar-refractivity contribution >= 4 is 43.5 Å². The Morgan fingerprint density at radius 2 is 2.21 bits per heavy atom. The van der Waals surface area contributed by atoms with Crippen molar-refractivity contribution in [3.63, 3.8) is 0 Å². The number of anilines is 1. The Hall–Kier alpha value is -1.49. The Balaban J connectivity index is 1.95. The highest BCUT2D eigenvalue weighted by Gasteiger charge is 2.24. The standard InChI is InChI=1S/C9H9N5O2S3/c10-7-8(14-2-4-18-9(14)13-7)19(15,16)12-5-6-11-1-3-17-6/h1-4,12H,5,10H2. The van der Waals surface area contributed by atoms with Crippen LogP contribution in [0.15, 0.2) is 28.2 Å². The van der Waals surface area contributed by atoms with Crippen molar-refractivity contribution < 1.29 is 8.42 Å². The SMILES string of the molecule is Nc1nc2sccn2c1S(=O)(=O)NCc1nccs1. The number of nitrogen functional groups attached to an aromatic ring is 1. The fraction of sp³-hybridized carbons (Fsp3) is 0.111. The van der Waals surface area contributed by atoms with Crippen LogP contribution in [0.1, 0.15) is 5.01 Å². The normalized spacial score (nSPS) is 12.2. The average molecular weight is 315 g/mol. The molecule has 10 heteroatoms. The smallest absolute Gasteiger partial charge is 0.260 e. The summed E-state index contributed by atoms with van der Waals surface area (Å²) in [6.45, 7) is 0.136. The van der Waals surface area contributed by atoms with Gasteiger partial charge in [-0.2, -0.15) is 0 Å². The first-order chi connectivity index (χ1) is 9.08. The molecule has 0 aliphatic heterocycles. The molecule has 0 aromatic carbocycles. The first-order valence-corrected chi connectivity index (χ1v) is 8.41. The maximum Gasteiger partial charge on any atom is 0.260 e. The summed E-state index contributed by atoms with van der Waals surface area (Å²) in [6, 6.07) is 0. The lowest BCUT2D eigenvalue weighted by atomic mass is 10.7. The number of aromatic nitrogens is 3. The molecule has 0 saturated carbocycles. The van der Waals surface area contributed by atoms with Crippen LogP contribution in [0.3, 0.4) is 0 Å². The molecule has 7 nitrogen and oxygen atoms in total. The summed E-state index contributed by atoms with van der Waals surface area (Å²) < 4.78 is 28.4. The van der Waals surface area contributed by atoms with E-state index in [0.29, 0.717) is 9.97 Å². The maximum atomic E-state index is 12.3. The molecule has 100 valence electrons. The first-order valence-electron chi connectivity index (χ1n) is 5.17. The largest absolute Gasteiger partial charge is 0.381 e. The summed E-state index contributed by atoms with van der Waals surface area (Å²) in [5.74, 6) is -0.00140. The number of rotatable bonds is 4. The van der Waals surface area contributed by atoms with Crippen LogP contribution in [0.2, 0.25) is 0 Å². The number of thiazole rings is 2. The topological polar surface area (TPSA) is 102 Å². The Kier molecular flexibility index (Phi) is 3.01. The predicted molar refractivity (Wildman–Crippen MR) is 73.6 cm³/mol. The second-order valence-corrected chi connectivity index (χ2v) is 7.14. The number of hydrogen-bond donors (Lipinski definition) is 2. The summed E-state index contributed by atoms with van der Waals surface area (Å²) in [5.41, 5.74) is 5.68. The second kappa shape index (κ2) is 4.56. The third kappa shape index (κ3) is 2.23. The fourth-order valence-electron chi connectivity index (χ4n) is 1.61. The van der Waals surface area contributed by atoms with E-state index in [1.165, 1.54) is 27.1 Å². The Bertz CT molecular complexity index is 802. The molecule has 0 amide bonds. The molecule has 0 unspecified atom stereocenters. The number of nitrogens with one attached hydrogen (secondary N) is 1. The summed E-state index contributed by atoms with van der Waals surface area (Å²) in [7, 11) is -3.72. The molecule has 0 fully saturated rings. The highest BCUT2D eigenvalue weighted by molar-refractivity contribution is 7.89. The Labute approximate surface area is 116 Å². The molecule has 3 rings (SSSR count). The van der Waals surface area contributed by atoms with Crippen molar-refractivity contribution in [2.24, 2.45) is 0 Å². The molecule has 3 aromatic rings. The van der Waals surface area contributed by atoms with Crippen LogP contribution in [-0.4, -0.2) is 22.8 Å². The average Bonchev–Trinajstić information content (AvgIpc) is 3.01. The molecule has 0 spiro atoms. The van der Waals surface area contributed by atoms with Crippen LogP contribution < -0.4 is 10.5 Å². The van der Waals surface area contributed by atoms with Crippen molar-refractivity contribution in [1.29, 1.82) is 0 Å². The third-order valence-corrected chi connectivity index (χ3v) is 5.37. The van der Waals surface area contributed by atoms with Gasteiger partial charge in [0.15, 0.2) is 15.8 Å². The third-order valence-electron chi connectivity index (χ3n) is 2.39. The number of nitrogens with two attached hydrogens (primary N) is 1. The molecule has 19 heavy (non-hydrogen) atoms. The first kappa shape index (κ1) is 12.5. The van der Waals surface area contributed by atoms with Gasteiger partial charge in [-0.15, -0.1) is 22.7 Å². The lowest BCUT2D eigenvalue weighted by molar-refractivity contribution is 0.577. The summed E-state index contributed by atoms with van der Waals surface area (Å²) >= 11 is 2.70. The van der Waals surface area contributed by atoms with E-state index in [9.17, 15) is 8.42 Å². The lowest BCUT2D eigenvalue weighted by Gasteiger charge is -2.04. The van der Waals surface area contributed by atoms with Gasteiger partial charge in [-0.25, -0.2) is 23.1 Å². The van der Waals surface area contributed by atoms with E-state index in [1.54, 1.807) is 23.2 Å². The van der Waals surface area contributed by atoms with Crippen molar-refractivity contribution in [3.8, 4) is 0 Å². The molecule has 0 aliphatic rings. The number of fused-ring (bicyclic) bond motifs is 1. The lowest BCUT2D eigenvalue weighted by Crippen LogP contribution is -2.25. The predicted octanol–water partition coefficient (Wildman–Crippen LogP) is 0.913. The number of hydrogen-bond acceptors (Lipinski definition) is 7. The van der Waals surface area contributed by atoms with Gasteiger partial charge >= 0.3 is 0 Å². The van der Waals surface area contributed by atoms with Crippen LogP contribution >= 0.6 is 22.7 Å². The molecule has 0 bridgehead atoms. The molecule has 3 aromatic heterocycles. The van der Waals surface area contributed by atoms with Crippen molar-refractivity contribution in [3.05, 3.63) is 28.2 Å². The van der Waals surface area contributed by atoms with Gasteiger partial charge in [0, 0.05) is 23.2 Å². The zero-order valence-electron chi connectivity index (χ0n) is 9.48. The van der Waals surface area contributed by atoms with E-state index in [2.05, 4.69) is 14.7 Å². The minimum Gasteiger partial charge on any atom is -0.381 e. The zero-order chi connectivity index (χ0) is 13.5. The Morgan fingerprint density at radius 1 is 1.37 bits per heavy atom. The highest BCUT2D eigenvalue weighted by atomic mass is 32.2. The highest BCUT2D eigenvalue weighted by Crippen LogP contribution is 2.23. The molecular formula is C9H9N5O2S3. The van der Waals surface area contributed by atoms with E-state index in [0.717, 1.165) is 0 Å². The van der Waals surface area contributed by atoms with Gasteiger partial charge in [0.25, 0.3) is 10.0 Å². The van der Waals surface area contributed by atoms with Crippen molar-refractivity contribution in [2.75, 3.05) is 5.73 Å². The summed E-state index contributed by atoms with van der Waals surface area (Å²) in [6.07, 6.45) is 3.25. The van der Waals surface area contributed by atoms with Gasteiger partial charge in [0.05, 0.1) is 6.54 Å². The van der Waals surface area contributed by atoms with Crippen molar-refractivity contribution in [2.45, 2.75) is 11.6 Å². The van der Waals surface area contributed by atoms with Gasteiger partial charge in [0.2, 0.25) is 0 Å². The minimum atomic E-state index is -3.72. The molecule has 3 heterocycles. The minimum absolute atomic E-state index is 0.00140. The number of sulfonamides is 1. The molecule has 0 radical (unpaired) electrons. The molecule has 0 saturated heterocycles. The molecule has 3 N–H and O–H groups in total. The van der Waals surface area contributed by atoms with Crippen LogP contribution in [0.5, 0.6) is 0 Å². The maximum absolute atomic E-state index is 12.3. The molecule has 0 aliphatic carbocycles. The quantitative estimate of drug-likeness (QED) is 0.745. The van der Waals surface area contributed by atoms with E-state index in [1.807, 2.05) is 0 Å². The fourth-order valence-corrected chi connectivity index (χ4v) is 4.23. The van der Waals surface area contributed by atoms with Crippen LogP contribution in [0.25, 0.3) is 4.96 Å². The monoisotopic (exact) mass is 315 g/mol. The van der Waals surface area contributed by atoms with Crippen LogP contribution in [0, 0.1) is 0 Å². The number of nitrogens with zero attached hydrogens (tertiary/aromatic N) is 3. The van der Waals surface area contributed by atoms with Crippen LogP contribution in [-0.2, 0) is 16.6 Å². The van der Waals surface area contributed by atoms with Gasteiger partial charge in [0.1, 0.15) is 5.01 Å². The van der Waals surface area contributed by atoms with Gasteiger partial charge in [-0.1, -0.05) is 0 Å². The molecular weight excluding hydrogens is 306 g/mol. The zero-order valence-corrected chi connectivity index (χ0v) is 11.9. The summed E-state index contributed by atoms with van der Waals surface area (Å²) in [5, 5.41) is 4.20. The summed E-state index contributed by atoms with van der Waals surface area (Å²) in [4.78, 5) is 8.58. The van der Waals surface area contributed by atoms with Gasteiger partial charge in [-0.3, -0.25) is 4.40 Å². The van der Waals surface area contributed by atoms with E-state index in [4.69, 9.17) is 5.73 Å². The second-order valence-electron chi connectivity index (χ2n) is 3.61. The van der Waals surface area contributed by atoms with Crippen molar-refractivity contribution in [1.82, 2.24) is 19.1 Å². The number of imidazole rings is 1. The molecule has 0 atom stereocenters. The van der Waals surface area contributed by atoms with Crippen LogP contribution in [0.4, 0.5) is 5.82 Å². The van der Waals surface area contributed by atoms with E-state index >= 15 is 0 Å². The Morgan fingerprint density at radius 3 is 2.95 bits per heavy atom. The van der Waals surface area contributed by atoms with E-state index in [-0.39, 0.29) is 17.4 Å². The van der Waals surface area contributed by atoms with Gasteiger partial charge < -0.3 is 5.73 Å². The van der Waals surface area contributed by atoms with Gasteiger partial charge in [-0.05, 0) is 0 Å². The van der Waals surface area contributed by atoms with E-state index < -0.39 is 10.0 Å².